The standard InChI is InChI=1S/C35H24F6N2O4S/c36-34(37,38)25-14-26(35(39,40)41)16-29(15-25)47-20-23-8-6-21(7-9-23)18-43-27(17-31-32(44)42-33(45)48-31)12-24-13-28(10-11-30(24)43)46-19-22-4-2-1-3-5-22/h1-17H,18-20H2,(H,42,44,45)/b31-17+. The number of hydrogen-bond acceptors (Lipinski definition) is 5. The van der Waals surface area contributed by atoms with E-state index in [1.165, 1.54) is 0 Å². The molecule has 1 fully saturated rings. The van der Waals surface area contributed by atoms with E-state index in [2.05, 4.69) is 5.32 Å². The van der Waals surface area contributed by atoms with E-state index in [0.29, 0.717) is 42.3 Å². The monoisotopic (exact) mass is 682 g/mol. The van der Waals surface area contributed by atoms with E-state index in [1.54, 1.807) is 30.3 Å². The fourth-order valence-electron chi connectivity index (χ4n) is 5.05. The molecular formula is C35H24F6N2O4S. The van der Waals surface area contributed by atoms with Crippen molar-refractivity contribution in [1.82, 2.24) is 9.88 Å². The minimum atomic E-state index is -4.98. The number of rotatable bonds is 9. The summed E-state index contributed by atoms with van der Waals surface area (Å²) in [4.78, 5) is 24.3. The number of hydrogen-bond donors (Lipinski definition) is 1. The maximum Gasteiger partial charge on any atom is 0.416 e. The quantitative estimate of drug-likeness (QED) is 0.124. The number of nitrogens with one attached hydrogen (secondary N) is 1. The lowest BCUT2D eigenvalue weighted by Gasteiger charge is -2.15. The van der Waals surface area contributed by atoms with E-state index in [9.17, 15) is 35.9 Å². The first kappa shape index (κ1) is 32.8. The molecule has 1 N–H and O–H groups in total. The van der Waals surface area contributed by atoms with Gasteiger partial charge < -0.3 is 14.0 Å². The normalized spacial score (nSPS) is 14.5. The van der Waals surface area contributed by atoms with Gasteiger partial charge in [-0.3, -0.25) is 14.9 Å². The topological polar surface area (TPSA) is 69.6 Å². The number of aromatic nitrogens is 1. The van der Waals surface area contributed by atoms with E-state index in [0.717, 1.165) is 33.8 Å². The number of benzene rings is 4. The fourth-order valence-corrected chi connectivity index (χ4v) is 5.72. The van der Waals surface area contributed by atoms with Crippen LogP contribution in [0.1, 0.15) is 33.5 Å². The van der Waals surface area contributed by atoms with Gasteiger partial charge in [0.25, 0.3) is 11.1 Å². The van der Waals surface area contributed by atoms with Gasteiger partial charge in [-0.15, -0.1) is 0 Å². The highest BCUT2D eigenvalue weighted by Crippen LogP contribution is 2.38. The highest BCUT2D eigenvalue weighted by atomic mass is 32.2. The molecule has 2 heterocycles. The van der Waals surface area contributed by atoms with Crippen LogP contribution in [0.2, 0.25) is 0 Å². The van der Waals surface area contributed by atoms with Crippen LogP contribution in [0, 0.1) is 0 Å². The van der Waals surface area contributed by atoms with E-state index < -0.39 is 40.4 Å². The number of halogens is 6. The predicted octanol–water partition coefficient (Wildman–Crippen LogP) is 9.21. The smallest absolute Gasteiger partial charge is 0.416 e. The van der Waals surface area contributed by atoms with Gasteiger partial charge in [-0.1, -0.05) is 54.6 Å². The van der Waals surface area contributed by atoms with Gasteiger partial charge >= 0.3 is 12.4 Å². The van der Waals surface area contributed by atoms with Crippen molar-refractivity contribution in [1.29, 1.82) is 0 Å². The van der Waals surface area contributed by atoms with Crippen molar-refractivity contribution < 1.29 is 45.4 Å². The maximum absolute atomic E-state index is 13.2. The summed E-state index contributed by atoms with van der Waals surface area (Å²) >= 11 is 0.797. The Bertz CT molecular complexity index is 1990. The highest BCUT2D eigenvalue weighted by molar-refractivity contribution is 8.18. The average Bonchev–Trinajstić information content (AvgIpc) is 3.55. The summed E-state index contributed by atoms with van der Waals surface area (Å²) in [6.07, 6.45) is -8.34. The molecule has 0 atom stereocenters. The van der Waals surface area contributed by atoms with Crippen molar-refractivity contribution in [3.63, 3.8) is 0 Å². The Labute approximate surface area is 274 Å². The van der Waals surface area contributed by atoms with Crippen LogP contribution in [0.15, 0.2) is 102 Å². The number of imide groups is 1. The maximum atomic E-state index is 13.2. The Morgan fingerprint density at radius 1 is 0.688 bits per heavy atom. The third-order valence-electron chi connectivity index (χ3n) is 7.40. The van der Waals surface area contributed by atoms with Gasteiger partial charge in [-0.05, 0) is 77.0 Å². The number of alkyl halides is 6. The Balaban J connectivity index is 1.23. The summed E-state index contributed by atoms with van der Waals surface area (Å²) in [6.45, 7) is 0.432. The van der Waals surface area contributed by atoms with Gasteiger partial charge in [0, 0.05) is 23.1 Å². The number of ether oxygens (including phenoxy) is 2. The van der Waals surface area contributed by atoms with Gasteiger partial charge in [0.15, 0.2) is 0 Å². The van der Waals surface area contributed by atoms with Crippen molar-refractivity contribution in [2.45, 2.75) is 32.1 Å². The summed E-state index contributed by atoms with van der Waals surface area (Å²) < 4.78 is 92.6. The Hall–Kier alpha value is -5.17. The zero-order chi connectivity index (χ0) is 34.1. The van der Waals surface area contributed by atoms with Crippen LogP contribution in [0.25, 0.3) is 17.0 Å². The molecule has 0 spiro atoms. The van der Waals surface area contributed by atoms with Crippen molar-refractivity contribution >= 4 is 39.9 Å². The first-order valence-electron chi connectivity index (χ1n) is 14.4. The molecule has 0 unspecified atom stereocenters. The Morgan fingerprint density at radius 2 is 1.29 bits per heavy atom. The van der Waals surface area contributed by atoms with Crippen LogP contribution in [0.5, 0.6) is 11.5 Å². The van der Waals surface area contributed by atoms with Gasteiger partial charge in [0.05, 0.1) is 16.0 Å². The second kappa shape index (κ2) is 13.1. The van der Waals surface area contributed by atoms with Crippen molar-refractivity contribution in [3.8, 4) is 11.5 Å². The lowest BCUT2D eigenvalue weighted by Crippen LogP contribution is -2.17. The van der Waals surface area contributed by atoms with Gasteiger partial charge in [-0.25, -0.2) is 0 Å². The lowest BCUT2D eigenvalue weighted by molar-refractivity contribution is -0.143. The first-order valence-corrected chi connectivity index (χ1v) is 15.2. The summed E-state index contributed by atoms with van der Waals surface area (Å²) in [6, 6.07) is 25.1. The molecular weight excluding hydrogens is 658 g/mol. The lowest BCUT2D eigenvalue weighted by atomic mass is 10.1. The molecule has 6 nitrogen and oxygen atoms in total. The number of carbonyl (C=O) groups is 2. The van der Waals surface area contributed by atoms with Crippen LogP contribution in [-0.2, 0) is 36.9 Å². The molecule has 2 amide bonds. The number of amides is 2. The number of carbonyl (C=O) groups excluding carboxylic acids is 2. The molecule has 4 aromatic carbocycles. The zero-order valence-electron chi connectivity index (χ0n) is 24.7. The van der Waals surface area contributed by atoms with Gasteiger partial charge in [0.1, 0.15) is 24.7 Å². The molecule has 0 radical (unpaired) electrons. The summed E-state index contributed by atoms with van der Waals surface area (Å²) in [7, 11) is 0. The highest BCUT2D eigenvalue weighted by Gasteiger charge is 2.37. The second-order valence-corrected chi connectivity index (χ2v) is 11.9. The molecule has 5 aromatic rings. The molecule has 246 valence electrons. The third kappa shape index (κ3) is 7.68. The average molecular weight is 683 g/mol. The molecule has 0 saturated carbocycles. The van der Waals surface area contributed by atoms with Crippen LogP contribution >= 0.6 is 11.8 Å². The summed E-state index contributed by atoms with van der Waals surface area (Å²) in [5.41, 5.74) is 0.876. The zero-order valence-corrected chi connectivity index (χ0v) is 25.5. The summed E-state index contributed by atoms with van der Waals surface area (Å²) in [5, 5.41) is 2.60. The van der Waals surface area contributed by atoms with Crippen molar-refractivity contribution in [3.05, 3.63) is 135 Å². The molecule has 1 aliphatic heterocycles. The molecule has 0 aliphatic carbocycles. The molecule has 1 saturated heterocycles. The molecule has 48 heavy (non-hydrogen) atoms. The van der Waals surface area contributed by atoms with E-state index in [-0.39, 0.29) is 17.6 Å². The predicted molar refractivity (Wildman–Crippen MR) is 168 cm³/mol. The van der Waals surface area contributed by atoms with Crippen molar-refractivity contribution in [2.75, 3.05) is 0 Å². The van der Waals surface area contributed by atoms with E-state index in [4.69, 9.17) is 9.47 Å². The fraction of sp³-hybridized carbons (Fsp3) is 0.143. The SMILES string of the molecule is O=C1NC(=O)/C(=C\c2cc3cc(OCc4ccccc4)ccc3n2Cc2ccc(COc3cc(C(F)(F)F)cc(C(F)(F)F)c3)cc2)S1. The van der Waals surface area contributed by atoms with Crippen LogP contribution in [0.3, 0.4) is 0 Å². The largest absolute Gasteiger partial charge is 0.489 e. The summed E-state index contributed by atoms with van der Waals surface area (Å²) in [5.74, 6) is -0.420. The minimum absolute atomic E-state index is 0.0467. The minimum Gasteiger partial charge on any atom is -0.489 e. The molecule has 0 bridgehead atoms. The number of nitrogens with zero attached hydrogens (tertiary/aromatic N) is 1. The number of thioether (sulfide) groups is 1. The van der Waals surface area contributed by atoms with E-state index >= 15 is 0 Å². The number of fused-ring (bicyclic) bond motifs is 1. The molecule has 1 aromatic heterocycles. The van der Waals surface area contributed by atoms with Crippen LogP contribution < -0.4 is 14.8 Å². The van der Waals surface area contributed by atoms with Crippen LogP contribution in [-0.4, -0.2) is 15.7 Å². The molecule has 13 heteroatoms. The van der Waals surface area contributed by atoms with Gasteiger partial charge in [0.2, 0.25) is 0 Å². The molecule has 6 rings (SSSR count). The Kier molecular flexibility index (Phi) is 8.97. The van der Waals surface area contributed by atoms with Gasteiger partial charge in [-0.2, -0.15) is 26.3 Å². The van der Waals surface area contributed by atoms with E-state index in [1.807, 2.05) is 59.2 Å². The van der Waals surface area contributed by atoms with Crippen molar-refractivity contribution in [2.24, 2.45) is 0 Å². The molecule has 1 aliphatic rings. The van der Waals surface area contributed by atoms with Crippen LogP contribution in [0.4, 0.5) is 31.1 Å². The Morgan fingerprint density at radius 3 is 1.90 bits per heavy atom. The first-order chi connectivity index (χ1) is 22.8. The second-order valence-electron chi connectivity index (χ2n) is 10.8. The third-order valence-corrected chi connectivity index (χ3v) is 8.22.